The quantitative estimate of drug-likeness (QED) is 0.618. The van der Waals surface area contributed by atoms with Crippen LogP contribution in [-0.2, 0) is 20.8 Å². The van der Waals surface area contributed by atoms with Crippen molar-refractivity contribution in [1.82, 2.24) is 0 Å². The fourth-order valence-corrected chi connectivity index (χ4v) is 3.09. The van der Waals surface area contributed by atoms with Crippen molar-refractivity contribution in [3.05, 3.63) is 35.9 Å². The Morgan fingerprint density at radius 2 is 2.00 bits per heavy atom. The Balaban J connectivity index is 1.36. The van der Waals surface area contributed by atoms with E-state index in [1.165, 1.54) is 5.56 Å². The molecular formula is C17H24O4. The smallest absolute Gasteiger partial charge is 0.113 e. The zero-order chi connectivity index (χ0) is 14.7. The molecule has 2 aliphatic rings. The van der Waals surface area contributed by atoms with Gasteiger partial charge in [0.25, 0.3) is 0 Å². The van der Waals surface area contributed by atoms with Crippen molar-refractivity contribution >= 4 is 0 Å². The Hall–Kier alpha value is -0.940. The molecule has 1 N–H and O–H groups in total. The molecule has 0 saturated carbocycles. The minimum Gasteiger partial charge on any atom is -0.394 e. The lowest BCUT2D eigenvalue weighted by molar-refractivity contribution is -0.00205. The number of hydrogen-bond donors (Lipinski definition) is 1. The second-order valence-electron chi connectivity index (χ2n) is 6.07. The molecular weight excluding hydrogens is 268 g/mol. The van der Waals surface area contributed by atoms with Crippen LogP contribution in [0.3, 0.4) is 0 Å². The molecule has 0 radical (unpaired) electrons. The lowest BCUT2D eigenvalue weighted by Crippen LogP contribution is -2.20. The number of benzene rings is 1. The van der Waals surface area contributed by atoms with Gasteiger partial charge < -0.3 is 19.3 Å². The van der Waals surface area contributed by atoms with Crippen LogP contribution < -0.4 is 0 Å². The molecule has 5 atom stereocenters. The van der Waals surface area contributed by atoms with E-state index in [1.54, 1.807) is 0 Å². The third-order valence-electron chi connectivity index (χ3n) is 4.41. The molecule has 0 amide bonds. The van der Waals surface area contributed by atoms with Crippen molar-refractivity contribution < 1.29 is 19.3 Å². The molecule has 0 unspecified atom stereocenters. The number of hydrogen-bond acceptors (Lipinski definition) is 4. The van der Waals surface area contributed by atoms with Gasteiger partial charge in [-0.2, -0.15) is 0 Å². The first-order valence-electron chi connectivity index (χ1n) is 7.81. The number of epoxide rings is 1. The van der Waals surface area contributed by atoms with Crippen molar-refractivity contribution in [2.45, 2.75) is 50.8 Å². The summed E-state index contributed by atoms with van der Waals surface area (Å²) in [6.07, 6.45) is 2.43. The van der Waals surface area contributed by atoms with Gasteiger partial charge in [-0.1, -0.05) is 37.3 Å². The van der Waals surface area contributed by atoms with Crippen LogP contribution in [0.25, 0.3) is 0 Å². The highest BCUT2D eigenvalue weighted by atomic mass is 16.6. The maximum absolute atomic E-state index is 9.05. The van der Waals surface area contributed by atoms with Crippen molar-refractivity contribution in [1.29, 1.82) is 0 Å². The van der Waals surface area contributed by atoms with Crippen molar-refractivity contribution in [3.63, 3.8) is 0 Å². The molecule has 2 fully saturated rings. The average molecular weight is 292 g/mol. The summed E-state index contributed by atoms with van der Waals surface area (Å²) in [6, 6.07) is 10.2. The second-order valence-corrected chi connectivity index (χ2v) is 6.07. The van der Waals surface area contributed by atoms with Gasteiger partial charge in [-0.3, -0.25) is 0 Å². The average Bonchev–Trinajstić information content (AvgIpc) is 3.22. The summed E-state index contributed by atoms with van der Waals surface area (Å²) in [5, 5.41) is 9.05. The maximum Gasteiger partial charge on any atom is 0.113 e. The van der Waals surface area contributed by atoms with Crippen molar-refractivity contribution in [2.24, 2.45) is 5.92 Å². The Morgan fingerprint density at radius 1 is 1.19 bits per heavy atom. The number of rotatable bonds is 7. The van der Waals surface area contributed by atoms with Crippen molar-refractivity contribution in [2.75, 3.05) is 13.2 Å². The molecule has 0 aliphatic carbocycles. The highest BCUT2D eigenvalue weighted by Crippen LogP contribution is 2.38. The monoisotopic (exact) mass is 292 g/mol. The van der Waals surface area contributed by atoms with E-state index in [0.29, 0.717) is 19.1 Å². The van der Waals surface area contributed by atoms with E-state index < -0.39 is 0 Å². The summed E-state index contributed by atoms with van der Waals surface area (Å²) in [5.74, 6) is 0.527. The van der Waals surface area contributed by atoms with E-state index in [1.807, 2.05) is 18.2 Å². The molecule has 2 heterocycles. The molecule has 0 spiro atoms. The minimum absolute atomic E-state index is 0.00437. The SMILES string of the molecule is C[C@@H]1C[C@H]([C@@H]2O[C@H]2CO)O[C@H]1CCOCc1ccccc1. The van der Waals surface area contributed by atoms with Crippen LogP contribution in [0.15, 0.2) is 30.3 Å². The Kier molecular flexibility index (Phi) is 4.91. The highest BCUT2D eigenvalue weighted by molar-refractivity contribution is 5.13. The molecule has 21 heavy (non-hydrogen) atoms. The summed E-state index contributed by atoms with van der Waals surface area (Å²) in [6.45, 7) is 3.69. The van der Waals surface area contributed by atoms with Gasteiger partial charge in [-0.05, 0) is 24.3 Å². The van der Waals surface area contributed by atoms with Gasteiger partial charge in [0.2, 0.25) is 0 Å². The molecule has 0 bridgehead atoms. The zero-order valence-corrected chi connectivity index (χ0v) is 12.5. The lowest BCUT2D eigenvalue weighted by Gasteiger charge is -2.15. The van der Waals surface area contributed by atoms with Crippen molar-refractivity contribution in [3.8, 4) is 0 Å². The molecule has 4 nitrogen and oxygen atoms in total. The fraction of sp³-hybridized carbons (Fsp3) is 0.647. The molecule has 3 rings (SSSR count). The standard InChI is InChI=1S/C17H24O4/c1-12-9-15(17-16(10-18)21-17)20-14(12)7-8-19-11-13-5-3-2-4-6-13/h2-6,12,14-18H,7-11H2,1H3/t12-,14+,15-,16+,17+/m1/s1. The first kappa shape index (κ1) is 15.0. The normalized spacial score (nSPS) is 35.0. The maximum atomic E-state index is 9.05. The summed E-state index contributed by atoms with van der Waals surface area (Å²) in [7, 11) is 0. The Morgan fingerprint density at radius 3 is 2.71 bits per heavy atom. The van der Waals surface area contributed by atoms with E-state index in [2.05, 4.69) is 19.1 Å². The summed E-state index contributed by atoms with van der Waals surface area (Å²) >= 11 is 0. The molecule has 2 aliphatic heterocycles. The summed E-state index contributed by atoms with van der Waals surface area (Å²) in [4.78, 5) is 0. The predicted molar refractivity (Wildman–Crippen MR) is 78.9 cm³/mol. The largest absolute Gasteiger partial charge is 0.394 e. The number of aliphatic hydroxyl groups is 1. The Labute approximate surface area is 126 Å². The third-order valence-corrected chi connectivity index (χ3v) is 4.41. The van der Waals surface area contributed by atoms with E-state index in [9.17, 15) is 0 Å². The van der Waals surface area contributed by atoms with Gasteiger partial charge in [-0.15, -0.1) is 0 Å². The van der Waals surface area contributed by atoms with Gasteiger partial charge in [0.1, 0.15) is 12.2 Å². The third kappa shape index (κ3) is 3.83. The topological polar surface area (TPSA) is 51.2 Å². The summed E-state index contributed by atoms with van der Waals surface area (Å²) < 4.78 is 17.2. The van der Waals surface area contributed by atoms with E-state index in [4.69, 9.17) is 19.3 Å². The lowest BCUT2D eigenvalue weighted by atomic mass is 9.98. The van der Waals surface area contributed by atoms with Gasteiger partial charge >= 0.3 is 0 Å². The van der Waals surface area contributed by atoms with Gasteiger partial charge in [0, 0.05) is 6.61 Å². The van der Waals surface area contributed by atoms with Crippen LogP contribution in [0, 0.1) is 5.92 Å². The highest BCUT2D eigenvalue weighted by Gasteiger charge is 2.49. The minimum atomic E-state index is -0.00437. The van der Waals surface area contributed by atoms with Gasteiger partial charge in [0.15, 0.2) is 0 Å². The van der Waals surface area contributed by atoms with Crippen LogP contribution in [0.4, 0.5) is 0 Å². The molecule has 1 aromatic carbocycles. The van der Waals surface area contributed by atoms with E-state index in [0.717, 1.165) is 12.8 Å². The van der Waals surface area contributed by atoms with E-state index in [-0.39, 0.29) is 31.0 Å². The van der Waals surface area contributed by atoms with Crippen LogP contribution in [0.5, 0.6) is 0 Å². The van der Waals surface area contributed by atoms with E-state index >= 15 is 0 Å². The summed E-state index contributed by atoms with van der Waals surface area (Å²) in [5.41, 5.74) is 1.20. The second kappa shape index (κ2) is 6.88. The first-order chi connectivity index (χ1) is 10.3. The van der Waals surface area contributed by atoms with Crippen LogP contribution in [0.2, 0.25) is 0 Å². The molecule has 4 heteroatoms. The molecule has 1 aromatic rings. The fourth-order valence-electron chi connectivity index (χ4n) is 3.09. The molecule has 116 valence electrons. The van der Waals surface area contributed by atoms with Crippen LogP contribution >= 0.6 is 0 Å². The zero-order valence-electron chi connectivity index (χ0n) is 12.5. The molecule has 2 saturated heterocycles. The Bertz CT molecular complexity index is 436. The first-order valence-corrected chi connectivity index (χ1v) is 7.81. The number of aliphatic hydroxyl groups excluding tert-OH is 1. The van der Waals surface area contributed by atoms with Crippen LogP contribution in [-0.4, -0.2) is 42.7 Å². The van der Waals surface area contributed by atoms with Gasteiger partial charge in [-0.25, -0.2) is 0 Å². The molecule has 0 aromatic heterocycles. The number of ether oxygens (including phenoxy) is 3. The predicted octanol–water partition coefficient (Wildman–Crippen LogP) is 2.15. The van der Waals surface area contributed by atoms with Gasteiger partial charge in [0.05, 0.1) is 25.4 Å². The van der Waals surface area contributed by atoms with Crippen LogP contribution in [0.1, 0.15) is 25.3 Å².